The van der Waals surface area contributed by atoms with Crippen LogP contribution >= 0.6 is 0 Å². The number of carbonyl (C=O) groups is 1. The Morgan fingerprint density at radius 2 is 1.77 bits per heavy atom. The van der Waals surface area contributed by atoms with Crippen molar-refractivity contribution in [1.82, 2.24) is 9.88 Å². The highest BCUT2D eigenvalue weighted by molar-refractivity contribution is 6.07. The van der Waals surface area contributed by atoms with Gasteiger partial charge in [-0.2, -0.15) is 0 Å². The second kappa shape index (κ2) is 8.86. The number of benzene rings is 2. The molecular weight excluding hydrogens is 372 g/mol. The van der Waals surface area contributed by atoms with E-state index in [0.29, 0.717) is 18.4 Å². The van der Waals surface area contributed by atoms with Crippen molar-refractivity contribution in [2.75, 3.05) is 19.7 Å². The summed E-state index contributed by atoms with van der Waals surface area (Å²) in [6, 6.07) is 17.9. The van der Waals surface area contributed by atoms with Gasteiger partial charge >= 0.3 is 0 Å². The molecular formula is C26H30N2O2. The molecule has 0 bridgehead atoms. The molecule has 0 radical (unpaired) electrons. The summed E-state index contributed by atoms with van der Waals surface area (Å²) in [6.45, 7) is 8.90. The lowest BCUT2D eigenvalue weighted by atomic mass is 9.91. The van der Waals surface area contributed by atoms with Gasteiger partial charge in [-0.3, -0.25) is 4.79 Å². The molecule has 0 saturated carbocycles. The van der Waals surface area contributed by atoms with Gasteiger partial charge in [0.1, 0.15) is 5.75 Å². The van der Waals surface area contributed by atoms with Crippen molar-refractivity contribution < 1.29 is 9.53 Å². The van der Waals surface area contributed by atoms with Crippen LogP contribution in [0, 0.1) is 11.8 Å². The number of para-hydroxylation sites is 1. The molecule has 2 heterocycles. The number of nitrogens with zero attached hydrogens (tertiary/aromatic N) is 2. The molecule has 4 heteroatoms. The van der Waals surface area contributed by atoms with Crippen LogP contribution in [0.5, 0.6) is 5.75 Å². The van der Waals surface area contributed by atoms with Gasteiger partial charge < -0.3 is 9.64 Å². The Hall–Kier alpha value is -2.88. The molecule has 0 unspecified atom stereocenters. The number of pyridine rings is 1. The number of rotatable bonds is 5. The first-order valence-electron chi connectivity index (χ1n) is 11.0. The van der Waals surface area contributed by atoms with E-state index < -0.39 is 0 Å². The van der Waals surface area contributed by atoms with Crippen LogP contribution in [-0.2, 0) is 0 Å². The van der Waals surface area contributed by atoms with Crippen LogP contribution in [-0.4, -0.2) is 35.5 Å². The zero-order valence-electron chi connectivity index (χ0n) is 18.1. The third kappa shape index (κ3) is 4.33. The van der Waals surface area contributed by atoms with Gasteiger partial charge in [0.25, 0.3) is 5.91 Å². The van der Waals surface area contributed by atoms with Crippen LogP contribution in [0.3, 0.4) is 0 Å². The number of piperidine rings is 1. The molecule has 1 aliphatic heterocycles. The highest BCUT2D eigenvalue weighted by Gasteiger charge is 2.27. The number of fused-ring (bicyclic) bond motifs is 1. The number of hydrogen-bond donors (Lipinski definition) is 0. The van der Waals surface area contributed by atoms with E-state index in [1.165, 1.54) is 6.42 Å². The second-order valence-electron chi connectivity index (χ2n) is 8.60. The molecule has 0 aliphatic carbocycles. The third-order valence-corrected chi connectivity index (χ3v) is 5.73. The van der Waals surface area contributed by atoms with Crippen molar-refractivity contribution in [1.29, 1.82) is 0 Å². The standard InChI is InChI=1S/C26H30N2O2/c1-4-13-30-21-11-9-20(10-12-21)25-15-23(22-7-5-6-8-24(22)27-25)26(29)28-16-18(2)14-19(3)17-28/h5-12,15,18-19H,4,13-14,16-17H2,1-3H3/t18-,19-/m0/s1. The summed E-state index contributed by atoms with van der Waals surface area (Å²) in [5, 5.41) is 0.917. The Balaban J connectivity index is 1.72. The fourth-order valence-electron chi connectivity index (χ4n) is 4.44. The summed E-state index contributed by atoms with van der Waals surface area (Å²) in [5.74, 6) is 2.02. The zero-order valence-corrected chi connectivity index (χ0v) is 18.1. The summed E-state index contributed by atoms with van der Waals surface area (Å²) in [7, 11) is 0. The quantitative estimate of drug-likeness (QED) is 0.541. The summed E-state index contributed by atoms with van der Waals surface area (Å²) >= 11 is 0. The Labute approximate surface area is 178 Å². The predicted octanol–water partition coefficient (Wildman–Crippen LogP) is 5.81. The van der Waals surface area contributed by atoms with Crippen molar-refractivity contribution in [2.24, 2.45) is 11.8 Å². The number of ether oxygens (including phenoxy) is 1. The minimum Gasteiger partial charge on any atom is -0.494 e. The number of amides is 1. The van der Waals surface area contributed by atoms with E-state index in [2.05, 4.69) is 20.8 Å². The number of aromatic nitrogens is 1. The van der Waals surface area contributed by atoms with Crippen molar-refractivity contribution >= 4 is 16.8 Å². The van der Waals surface area contributed by atoms with E-state index in [1.807, 2.05) is 59.5 Å². The molecule has 4 nitrogen and oxygen atoms in total. The van der Waals surface area contributed by atoms with Crippen LogP contribution in [0.15, 0.2) is 54.6 Å². The van der Waals surface area contributed by atoms with Crippen LogP contribution in [0.1, 0.15) is 44.0 Å². The maximum Gasteiger partial charge on any atom is 0.254 e. The average molecular weight is 403 g/mol. The van der Waals surface area contributed by atoms with Crippen LogP contribution in [0.2, 0.25) is 0 Å². The molecule has 0 N–H and O–H groups in total. The van der Waals surface area contributed by atoms with E-state index in [4.69, 9.17) is 9.72 Å². The van der Waals surface area contributed by atoms with Gasteiger partial charge in [-0.15, -0.1) is 0 Å². The van der Waals surface area contributed by atoms with Crippen LogP contribution < -0.4 is 4.74 Å². The first-order valence-corrected chi connectivity index (χ1v) is 11.0. The fraction of sp³-hybridized carbons (Fsp3) is 0.385. The van der Waals surface area contributed by atoms with Crippen molar-refractivity contribution in [3.63, 3.8) is 0 Å². The first kappa shape index (κ1) is 20.4. The van der Waals surface area contributed by atoms with Gasteiger partial charge in [0.2, 0.25) is 0 Å². The minimum absolute atomic E-state index is 0.108. The van der Waals surface area contributed by atoms with Crippen LogP contribution in [0.4, 0.5) is 0 Å². The van der Waals surface area contributed by atoms with Gasteiger partial charge in [0.05, 0.1) is 23.4 Å². The Bertz CT molecular complexity index is 1020. The monoisotopic (exact) mass is 402 g/mol. The molecule has 1 aromatic heterocycles. The second-order valence-corrected chi connectivity index (χ2v) is 8.60. The molecule has 4 rings (SSSR count). The minimum atomic E-state index is 0.108. The zero-order chi connectivity index (χ0) is 21.1. The van der Waals surface area contributed by atoms with Crippen molar-refractivity contribution in [3.8, 4) is 17.0 Å². The molecule has 30 heavy (non-hydrogen) atoms. The Kier molecular flexibility index (Phi) is 6.03. The van der Waals surface area contributed by atoms with E-state index in [-0.39, 0.29) is 5.91 Å². The molecule has 1 aliphatic rings. The molecule has 2 aromatic carbocycles. The molecule has 1 saturated heterocycles. The first-order chi connectivity index (χ1) is 14.5. The van der Waals surface area contributed by atoms with Gasteiger partial charge in [-0.05, 0) is 61.1 Å². The predicted molar refractivity (Wildman–Crippen MR) is 122 cm³/mol. The largest absolute Gasteiger partial charge is 0.494 e. The van der Waals surface area contributed by atoms with Gasteiger partial charge in [0.15, 0.2) is 0 Å². The normalized spacial score (nSPS) is 19.1. The molecule has 1 fully saturated rings. The lowest BCUT2D eigenvalue weighted by molar-refractivity contribution is 0.0625. The molecule has 2 atom stereocenters. The smallest absolute Gasteiger partial charge is 0.254 e. The molecule has 0 spiro atoms. The van der Waals surface area contributed by atoms with E-state index in [9.17, 15) is 4.79 Å². The average Bonchev–Trinajstić information content (AvgIpc) is 2.76. The van der Waals surface area contributed by atoms with Crippen molar-refractivity contribution in [2.45, 2.75) is 33.6 Å². The Morgan fingerprint density at radius 1 is 1.07 bits per heavy atom. The lowest BCUT2D eigenvalue weighted by Gasteiger charge is -2.35. The van der Waals surface area contributed by atoms with Gasteiger partial charge in [-0.1, -0.05) is 39.0 Å². The summed E-state index contributed by atoms with van der Waals surface area (Å²) in [5.41, 5.74) is 3.39. The molecule has 3 aromatic rings. The Morgan fingerprint density at radius 3 is 2.47 bits per heavy atom. The van der Waals surface area contributed by atoms with Gasteiger partial charge in [-0.25, -0.2) is 4.98 Å². The van der Waals surface area contributed by atoms with Crippen molar-refractivity contribution in [3.05, 3.63) is 60.2 Å². The molecule has 156 valence electrons. The summed E-state index contributed by atoms with van der Waals surface area (Å²) in [6.07, 6.45) is 2.16. The highest BCUT2D eigenvalue weighted by Crippen LogP contribution is 2.29. The van der Waals surface area contributed by atoms with E-state index in [1.54, 1.807) is 0 Å². The fourth-order valence-corrected chi connectivity index (χ4v) is 4.44. The third-order valence-electron chi connectivity index (χ3n) is 5.73. The molecule has 1 amide bonds. The van der Waals surface area contributed by atoms with E-state index >= 15 is 0 Å². The van der Waals surface area contributed by atoms with Crippen LogP contribution in [0.25, 0.3) is 22.2 Å². The van der Waals surface area contributed by atoms with Gasteiger partial charge in [0, 0.05) is 24.0 Å². The highest BCUT2D eigenvalue weighted by atomic mass is 16.5. The topological polar surface area (TPSA) is 42.4 Å². The summed E-state index contributed by atoms with van der Waals surface area (Å²) in [4.78, 5) is 20.4. The number of likely N-dealkylation sites (tertiary alicyclic amines) is 1. The van der Waals surface area contributed by atoms with E-state index in [0.717, 1.165) is 53.0 Å². The number of carbonyl (C=O) groups excluding carboxylic acids is 1. The SMILES string of the molecule is CCCOc1ccc(-c2cc(C(=O)N3C[C@@H](C)C[C@H](C)C3)c3ccccc3n2)cc1. The maximum absolute atomic E-state index is 13.5. The maximum atomic E-state index is 13.5. The summed E-state index contributed by atoms with van der Waals surface area (Å²) < 4.78 is 5.70. The lowest BCUT2D eigenvalue weighted by Crippen LogP contribution is -2.42. The number of hydrogen-bond acceptors (Lipinski definition) is 3.